The molecule has 0 spiro atoms. The second kappa shape index (κ2) is 5.26. The number of aryl methyl sites for hydroxylation is 1. The number of cyclic esters (lactones) is 1. The summed E-state index contributed by atoms with van der Waals surface area (Å²) in [7, 11) is 0. The van der Waals surface area contributed by atoms with Crippen LogP contribution < -0.4 is 4.74 Å². The lowest BCUT2D eigenvalue weighted by Crippen LogP contribution is -2.25. The van der Waals surface area contributed by atoms with Crippen LogP contribution in [0.3, 0.4) is 0 Å². The Balaban J connectivity index is 1.97. The summed E-state index contributed by atoms with van der Waals surface area (Å²) >= 11 is 0. The molecule has 2 aromatic carbocycles. The molecule has 0 saturated carbocycles. The minimum absolute atomic E-state index is 0.152. The third kappa shape index (κ3) is 2.57. The maximum Gasteiger partial charge on any atom is 0.342 e. The number of esters is 1. The summed E-state index contributed by atoms with van der Waals surface area (Å²) in [5.41, 5.74) is 1.67. The molecule has 0 fully saturated rings. The van der Waals surface area contributed by atoms with Gasteiger partial charge in [0.25, 0.3) is 0 Å². The fraction of sp³-hybridized carbons (Fsp3) is 0.235. The number of hydrogen-bond donors (Lipinski definition) is 2. The highest BCUT2D eigenvalue weighted by Gasteiger charge is 2.27. The van der Waals surface area contributed by atoms with Crippen molar-refractivity contribution in [1.29, 1.82) is 0 Å². The first-order valence-corrected chi connectivity index (χ1v) is 6.98. The van der Waals surface area contributed by atoms with E-state index in [1.54, 1.807) is 25.1 Å². The molecule has 114 valence electrons. The van der Waals surface area contributed by atoms with Crippen molar-refractivity contribution in [2.75, 3.05) is 0 Å². The number of rotatable bonds is 2. The largest absolute Gasteiger partial charge is 0.508 e. The Morgan fingerprint density at radius 1 is 1.23 bits per heavy atom. The van der Waals surface area contributed by atoms with Gasteiger partial charge in [-0.1, -0.05) is 0 Å². The molecule has 2 aromatic rings. The lowest BCUT2D eigenvalue weighted by Gasteiger charge is -2.23. The predicted molar refractivity (Wildman–Crippen MR) is 79.6 cm³/mol. The van der Waals surface area contributed by atoms with Crippen molar-refractivity contribution in [2.45, 2.75) is 26.4 Å². The van der Waals surface area contributed by atoms with E-state index in [4.69, 9.17) is 9.47 Å². The van der Waals surface area contributed by atoms with Crippen molar-refractivity contribution in [2.24, 2.45) is 0 Å². The van der Waals surface area contributed by atoms with Crippen molar-refractivity contribution < 1.29 is 24.5 Å². The van der Waals surface area contributed by atoms with Crippen LogP contribution in [0.25, 0.3) is 0 Å². The van der Waals surface area contributed by atoms with Gasteiger partial charge in [-0.25, -0.2) is 4.79 Å². The average Bonchev–Trinajstić information content (AvgIpc) is 2.40. The Morgan fingerprint density at radius 2 is 2.00 bits per heavy atom. The molecule has 2 N–H and O–H groups in total. The van der Waals surface area contributed by atoms with Gasteiger partial charge in [-0.2, -0.15) is 0 Å². The molecule has 1 unspecified atom stereocenters. The van der Waals surface area contributed by atoms with Crippen LogP contribution in [0, 0.1) is 6.92 Å². The summed E-state index contributed by atoms with van der Waals surface area (Å²) < 4.78 is 10.9. The monoisotopic (exact) mass is 300 g/mol. The molecule has 3 rings (SSSR count). The van der Waals surface area contributed by atoms with Crippen molar-refractivity contribution in [3.8, 4) is 23.0 Å². The third-order valence-corrected chi connectivity index (χ3v) is 3.58. The highest BCUT2D eigenvalue weighted by atomic mass is 16.5. The molecule has 1 aliphatic heterocycles. The third-order valence-electron chi connectivity index (χ3n) is 3.58. The van der Waals surface area contributed by atoms with Crippen molar-refractivity contribution in [3.05, 3.63) is 47.0 Å². The summed E-state index contributed by atoms with van der Waals surface area (Å²) in [5, 5.41) is 19.5. The first-order valence-electron chi connectivity index (χ1n) is 6.98. The first-order chi connectivity index (χ1) is 10.4. The van der Waals surface area contributed by atoms with Gasteiger partial charge in [0.15, 0.2) is 0 Å². The SMILES string of the molecule is Cc1cc(O)ccc1Oc1cc(O)c2c(c1)CC(C)OC2=O. The molecule has 0 radical (unpaired) electrons. The number of carbonyl (C=O) groups excluding carboxylic acids is 1. The minimum atomic E-state index is -0.515. The zero-order valence-corrected chi connectivity index (χ0v) is 12.3. The number of phenolic OH excluding ortho intramolecular Hbond substituents is 2. The first kappa shape index (κ1) is 14.3. The summed E-state index contributed by atoms with van der Waals surface area (Å²) in [6, 6.07) is 7.89. The van der Waals surface area contributed by atoms with Crippen LogP contribution in [-0.4, -0.2) is 22.3 Å². The zero-order valence-electron chi connectivity index (χ0n) is 12.3. The van der Waals surface area contributed by atoms with E-state index in [2.05, 4.69) is 0 Å². The predicted octanol–water partition coefficient (Wildman–Crippen LogP) is 3.30. The quantitative estimate of drug-likeness (QED) is 0.832. The summed E-state index contributed by atoms with van der Waals surface area (Å²) in [4.78, 5) is 11.8. The van der Waals surface area contributed by atoms with Gasteiger partial charge in [-0.05, 0) is 49.2 Å². The summed E-state index contributed by atoms with van der Waals surface area (Å²) in [5.74, 6) is 0.504. The second-order valence-electron chi connectivity index (χ2n) is 5.45. The highest BCUT2D eigenvalue weighted by Crippen LogP contribution is 2.35. The van der Waals surface area contributed by atoms with E-state index in [1.807, 2.05) is 6.92 Å². The smallest absolute Gasteiger partial charge is 0.342 e. The Hall–Kier alpha value is -2.69. The second-order valence-corrected chi connectivity index (χ2v) is 5.45. The van der Waals surface area contributed by atoms with Gasteiger partial charge in [0.05, 0.1) is 0 Å². The lowest BCUT2D eigenvalue weighted by molar-refractivity contribution is 0.0297. The van der Waals surface area contributed by atoms with Gasteiger partial charge in [0.2, 0.25) is 0 Å². The highest BCUT2D eigenvalue weighted by molar-refractivity contribution is 5.95. The van der Waals surface area contributed by atoms with Crippen molar-refractivity contribution in [1.82, 2.24) is 0 Å². The molecule has 5 heteroatoms. The molecule has 0 aromatic heterocycles. The molecule has 1 atom stereocenters. The zero-order chi connectivity index (χ0) is 15.9. The van der Waals surface area contributed by atoms with Crippen LogP contribution in [0.4, 0.5) is 0 Å². The number of aromatic hydroxyl groups is 2. The molecule has 0 saturated heterocycles. The number of phenols is 2. The molecule has 0 aliphatic carbocycles. The number of hydrogen-bond acceptors (Lipinski definition) is 5. The Morgan fingerprint density at radius 3 is 2.73 bits per heavy atom. The fourth-order valence-corrected chi connectivity index (χ4v) is 2.58. The van der Waals surface area contributed by atoms with Gasteiger partial charge in [-0.15, -0.1) is 0 Å². The number of ether oxygens (including phenoxy) is 2. The van der Waals surface area contributed by atoms with Crippen LogP contribution >= 0.6 is 0 Å². The van der Waals surface area contributed by atoms with Gasteiger partial charge >= 0.3 is 5.97 Å². The van der Waals surface area contributed by atoms with Crippen LogP contribution in [0.2, 0.25) is 0 Å². The molecule has 5 nitrogen and oxygen atoms in total. The Bertz CT molecular complexity index is 751. The average molecular weight is 300 g/mol. The minimum Gasteiger partial charge on any atom is -0.508 e. The lowest BCUT2D eigenvalue weighted by atomic mass is 9.98. The summed E-state index contributed by atoms with van der Waals surface area (Å²) in [6.45, 7) is 3.61. The number of fused-ring (bicyclic) bond motifs is 1. The number of benzene rings is 2. The topological polar surface area (TPSA) is 76.0 Å². The van der Waals surface area contributed by atoms with E-state index in [0.717, 1.165) is 5.56 Å². The fourth-order valence-electron chi connectivity index (χ4n) is 2.58. The van der Waals surface area contributed by atoms with E-state index < -0.39 is 5.97 Å². The molecule has 0 amide bonds. The van der Waals surface area contributed by atoms with E-state index in [0.29, 0.717) is 23.5 Å². The van der Waals surface area contributed by atoms with E-state index in [9.17, 15) is 15.0 Å². The van der Waals surface area contributed by atoms with Crippen LogP contribution in [0.1, 0.15) is 28.4 Å². The van der Waals surface area contributed by atoms with E-state index >= 15 is 0 Å². The van der Waals surface area contributed by atoms with E-state index in [1.165, 1.54) is 12.1 Å². The Labute approximate surface area is 127 Å². The standard InChI is InChI=1S/C17H16O5/c1-9-5-12(18)3-4-15(9)22-13-7-11-6-10(2)21-17(20)16(11)14(19)8-13/h3-5,7-8,10,18-19H,6H2,1-2H3. The maximum absolute atomic E-state index is 11.8. The molecule has 1 aliphatic rings. The molecule has 22 heavy (non-hydrogen) atoms. The molecular weight excluding hydrogens is 284 g/mol. The van der Waals surface area contributed by atoms with Crippen molar-refractivity contribution >= 4 is 5.97 Å². The van der Waals surface area contributed by atoms with Crippen LogP contribution in [0.15, 0.2) is 30.3 Å². The van der Waals surface area contributed by atoms with E-state index in [-0.39, 0.29) is 23.2 Å². The normalized spacial score (nSPS) is 16.8. The molecular formula is C17H16O5. The van der Waals surface area contributed by atoms with Crippen LogP contribution in [0.5, 0.6) is 23.0 Å². The van der Waals surface area contributed by atoms with Crippen molar-refractivity contribution in [3.63, 3.8) is 0 Å². The maximum atomic E-state index is 11.8. The van der Waals surface area contributed by atoms with Gasteiger partial charge in [-0.3, -0.25) is 0 Å². The van der Waals surface area contributed by atoms with Crippen LogP contribution in [-0.2, 0) is 11.2 Å². The summed E-state index contributed by atoms with van der Waals surface area (Å²) in [6.07, 6.45) is 0.297. The Kier molecular flexibility index (Phi) is 3.41. The number of carbonyl (C=O) groups is 1. The van der Waals surface area contributed by atoms with Gasteiger partial charge in [0, 0.05) is 12.5 Å². The molecule has 0 bridgehead atoms. The molecule has 1 heterocycles. The van der Waals surface area contributed by atoms with Gasteiger partial charge < -0.3 is 19.7 Å². The van der Waals surface area contributed by atoms with Gasteiger partial charge in [0.1, 0.15) is 34.7 Å².